The molecule has 0 amide bonds. The van der Waals surface area contributed by atoms with Crippen LogP contribution in [0.15, 0.2) is 36.7 Å². The normalized spacial score (nSPS) is 10.5. The number of nitrogens with one attached hydrogen (secondary N) is 1. The average molecular weight is 201 g/mol. The van der Waals surface area contributed by atoms with E-state index in [1.807, 2.05) is 24.5 Å². The zero-order valence-corrected chi connectivity index (χ0v) is 8.61. The lowest BCUT2D eigenvalue weighted by Crippen LogP contribution is -2.08. The van der Waals surface area contributed by atoms with Crippen LogP contribution in [0.25, 0.3) is 10.8 Å². The summed E-state index contributed by atoms with van der Waals surface area (Å²) < 4.78 is 0. The highest BCUT2D eigenvalue weighted by Gasteiger charge is 1.98. The summed E-state index contributed by atoms with van der Waals surface area (Å²) in [5.41, 5.74) is 6.59. The van der Waals surface area contributed by atoms with Crippen molar-refractivity contribution in [3.63, 3.8) is 0 Å². The average Bonchev–Trinajstić information content (AvgIpc) is 2.30. The van der Waals surface area contributed by atoms with Gasteiger partial charge in [-0.2, -0.15) is 0 Å². The SMILES string of the molecule is NCCCNc1cccc2ccncc12. The standard InChI is InChI=1S/C12H15N3/c13-6-2-7-15-12-4-1-3-10-5-8-14-9-11(10)12/h1,3-5,8-9,15H,2,6-7,13H2. The topological polar surface area (TPSA) is 50.9 Å². The Balaban J connectivity index is 2.26. The van der Waals surface area contributed by atoms with Crippen molar-refractivity contribution in [1.29, 1.82) is 0 Å². The van der Waals surface area contributed by atoms with Crippen LogP contribution in [0.3, 0.4) is 0 Å². The van der Waals surface area contributed by atoms with Gasteiger partial charge in [-0.25, -0.2) is 0 Å². The first-order chi connectivity index (χ1) is 7.42. The summed E-state index contributed by atoms with van der Waals surface area (Å²) in [6.45, 7) is 1.63. The predicted octanol–water partition coefficient (Wildman–Crippen LogP) is 2.00. The zero-order valence-electron chi connectivity index (χ0n) is 8.61. The van der Waals surface area contributed by atoms with Crippen LogP contribution in [0.5, 0.6) is 0 Å². The molecule has 2 rings (SSSR count). The van der Waals surface area contributed by atoms with Crippen molar-refractivity contribution in [2.24, 2.45) is 5.73 Å². The second-order valence-corrected chi connectivity index (χ2v) is 3.47. The molecule has 0 aliphatic rings. The lowest BCUT2D eigenvalue weighted by molar-refractivity contribution is 0.875. The molecule has 0 saturated heterocycles. The van der Waals surface area contributed by atoms with Gasteiger partial charge >= 0.3 is 0 Å². The highest BCUT2D eigenvalue weighted by Crippen LogP contribution is 2.21. The molecule has 1 aromatic heterocycles. The fourth-order valence-electron chi connectivity index (χ4n) is 1.59. The number of hydrogen-bond acceptors (Lipinski definition) is 3. The minimum atomic E-state index is 0.718. The fraction of sp³-hybridized carbons (Fsp3) is 0.250. The molecule has 1 aromatic carbocycles. The molecule has 0 unspecified atom stereocenters. The lowest BCUT2D eigenvalue weighted by atomic mass is 10.1. The van der Waals surface area contributed by atoms with Crippen LogP contribution in [-0.2, 0) is 0 Å². The molecular weight excluding hydrogens is 186 g/mol. The fourth-order valence-corrected chi connectivity index (χ4v) is 1.59. The highest BCUT2D eigenvalue weighted by molar-refractivity contribution is 5.92. The Morgan fingerprint density at radius 1 is 1.27 bits per heavy atom. The summed E-state index contributed by atoms with van der Waals surface area (Å²) in [5.74, 6) is 0. The third-order valence-corrected chi connectivity index (χ3v) is 2.38. The highest BCUT2D eigenvalue weighted by atomic mass is 14.9. The van der Waals surface area contributed by atoms with E-state index in [9.17, 15) is 0 Å². The number of benzene rings is 1. The van der Waals surface area contributed by atoms with Crippen molar-refractivity contribution in [2.45, 2.75) is 6.42 Å². The Labute approximate surface area is 89.3 Å². The summed E-state index contributed by atoms with van der Waals surface area (Å²) in [6, 6.07) is 8.22. The Morgan fingerprint density at radius 2 is 2.20 bits per heavy atom. The Kier molecular flexibility index (Phi) is 3.15. The van der Waals surface area contributed by atoms with Crippen molar-refractivity contribution in [3.8, 4) is 0 Å². The molecule has 3 N–H and O–H groups in total. The second kappa shape index (κ2) is 4.75. The zero-order chi connectivity index (χ0) is 10.5. The van der Waals surface area contributed by atoms with Crippen LogP contribution < -0.4 is 11.1 Å². The molecule has 0 fully saturated rings. The second-order valence-electron chi connectivity index (χ2n) is 3.47. The minimum Gasteiger partial charge on any atom is -0.384 e. The van der Waals surface area contributed by atoms with Gasteiger partial charge in [0.05, 0.1) is 0 Å². The van der Waals surface area contributed by atoms with E-state index >= 15 is 0 Å². The molecule has 0 spiro atoms. The molecule has 0 aliphatic heterocycles. The van der Waals surface area contributed by atoms with E-state index in [2.05, 4.69) is 22.4 Å². The van der Waals surface area contributed by atoms with Gasteiger partial charge in [-0.1, -0.05) is 12.1 Å². The van der Waals surface area contributed by atoms with Crippen molar-refractivity contribution < 1.29 is 0 Å². The third-order valence-electron chi connectivity index (χ3n) is 2.38. The molecule has 78 valence electrons. The van der Waals surface area contributed by atoms with Crippen molar-refractivity contribution in [3.05, 3.63) is 36.7 Å². The first kappa shape index (κ1) is 9.93. The van der Waals surface area contributed by atoms with Crippen LogP contribution in [0.1, 0.15) is 6.42 Å². The monoisotopic (exact) mass is 201 g/mol. The number of rotatable bonds is 4. The summed E-state index contributed by atoms with van der Waals surface area (Å²) in [7, 11) is 0. The third kappa shape index (κ3) is 2.25. The number of anilines is 1. The molecule has 0 aliphatic carbocycles. The van der Waals surface area contributed by atoms with Gasteiger partial charge in [0.1, 0.15) is 0 Å². The first-order valence-corrected chi connectivity index (χ1v) is 5.18. The van der Waals surface area contributed by atoms with Gasteiger partial charge in [-0.05, 0) is 30.5 Å². The van der Waals surface area contributed by atoms with Gasteiger partial charge < -0.3 is 11.1 Å². The maximum atomic E-state index is 5.45. The number of fused-ring (bicyclic) bond motifs is 1. The molecule has 0 radical (unpaired) electrons. The van der Waals surface area contributed by atoms with E-state index in [-0.39, 0.29) is 0 Å². The van der Waals surface area contributed by atoms with Crippen LogP contribution in [0, 0.1) is 0 Å². The number of nitrogens with two attached hydrogens (primary N) is 1. The summed E-state index contributed by atoms with van der Waals surface area (Å²) in [4.78, 5) is 4.14. The van der Waals surface area contributed by atoms with E-state index in [0.717, 1.165) is 30.6 Å². The van der Waals surface area contributed by atoms with Crippen molar-refractivity contribution in [1.82, 2.24) is 4.98 Å². The molecule has 0 atom stereocenters. The van der Waals surface area contributed by atoms with E-state index in [4.69, 9.17) is 5.73 Å². The molecule has 15 heavy (non-hydrogen) atoms. The lowest BCUT2D eigenvalue weighted by Gasteiger charge is -2.08. The number of aromatic nitrogens is 1. The Morgan fingerprint density at radius 3 is 3.07 bits per heavy atom. The molecule has 2 aromatic rings. The molecular formula is C12H15N3. The van der Waals surface area contributed by atoms with Gasteiger partial charge in [-0.15, -0.1) is 0 Å². The summed E-state index contributed by atoms with van der Waals surface area (Å²) in [5, 5.41) is 5.74. The van der Waals surface area contributed by atoms with Gasteiger partial charge in [0, 0.05) is 30.0 Å². The Hall–Kier alpha value is -1.61. The quantitative estimate of drug-likeness (QED) is 0.744. The van der Waals surface area contributed by atoms with E-state index < -0.39 is 0 Å². The molecule has 0 saturated carbocycles. The molecule has 0 bridgehead atoms. The van der Waals surface area contributed by atoms with Crippen molar-refractivity contribution >= 4 is 16.5 Å². The largest absolute Gasteiger partial charge is 0.384 e. The maximum Gasteiger partial charge on any atom is 0.0435 e. The van der Waals surface area contributed by atoms with Crippen LogP contribution in [0.2, 0.25) is 0 Å². The molecule has 3 nitrogen and oxygen atoms in total. The predicted molar refractivity (Wildman–Crippen MR) is 63.9 cm³/mol. The van der Waals surface area contributed by atoms with Gasteiger partial charge in [0.2, 0.25) is 0 Å². The minimum absolute atomic E-state index is 0.718. The van der Waals surface area contributed by atoms with E-state index in [1.165, 1.54) is 5.39 Å². The van der Waals surface area contributed by atoms with Crippen LogP contribution in [0.4, 0.5) is 5.69 Å². The van der Waals surface area contributed by atoms with Crippen LogP contribution in [-0.4, -0.2) is 18.1 Å². The van der Waals surface area contributed by atoms with Gasteiger partial charge in [0.25, 0.3) is 0 Å². The van der Waals surface area contributed by atoms with Crippen LogP contribution >= 0.6 is 0 Å². The number of nitrogens with zero attached hydrogens (tertiary/aromatic N) is 1. The van der Waals surface area contributed by atoms with E-state index in [0.29, 0.717) is 0 Å². The Bertz CT molecular complexity index is 434. The van der Waals surface area contributed by atoms with Gasteiger partial charge in [0.15, 0.2) is 0 Å². The number of hydrogen-bond donors (Lipinski definition) is 2. The molecule has 1 heterocycles. The van der Waals surface area contributed by atoms with E-state index in [1.54, 1.807) is 0 Å². The maximum absolute atomic E-state index is 5.45. The van der Waals surface area contributed by atoms with Gasteiger partial charge in [-0.3, -0.25) is 4.98 Å². The molecule has 3 heteroatoms. The van der Waals surface area contributed by atoms with Crippen molar-refractivity contribution in [2.75, 3.05) is 18.4 Å². The first-order valence-electron chi connectivity index (χ1n) is 5.18. The smallest absolute Gasteiger partial charge is 0.0435 e. The summed E-state index contributed by atoms with van der Waals surface area (Å²) in [6.07, 6.45) is 4.68. The summed E-state index contributed by atoms with van der Waals surface area (Å²) >= 11 is 0. The number of pyridine rings is 1.